The topological polar surface area (TPSA) is 97.6 Å². The first kappa shape index (κ1) is 24.2. The smallest absolute Gasteiger partial charge is 0.278 e. The number of thioether (sulfide) groups is 1. The van der Waals surface area contributed by atoms with Crippen molar-refractivity contribution in [3.63, 3.8) is 0 Å². The lowest BCUT2D eigenvalue weighted by atomic mass is 10.1. The van der Waals surface area contributed by atoms with E-state index in [1.165, 1.54) is 33.2 Å². The molecule has 11 heteroatoms. The number of fused-ring (bicyclic) bond motifs is 1. The monoisotopic (exact) mass is 534 g/mol. The molecular weight excluding hydrogens is 513 g/mol. The predicted molar refractivity (Wildman–Crippen MR) is 148 cm³/mol. The standard InChI is InChI=1S/C25H22N6O2S3/c1-14-9-10-18(11-15(14)2)30-22-21(36-25(30)34)23(33)31(17-7-5-4-6-8-17)24(27-22)35-13-20(32)26-19-12-16(3)28-29-19/h4-12H,13H2,1-3H3,(H2,26,28,29,32). The van der Waals surface area contributed by atoms with Crippen LogP contribution in [0.2, 0.25) is 0 Å². The fourth-order valence-electron chi connectivity index (χ4n) is 3.72. The van der Waals surface area contributed by atoms with E-state index in [0.29, 0.717) is 31.0 Å². The second kappa shape index (κ2) is 9.84. The summed E-state index contributed by atoms with van der Waals surface area (Å²) in [4.78, 5) is 31.3. The van der Waals surface area contributed by atoms with E-state index in [9.17, 15) is 9.59 Å². The van der Waals surface area contributed by atoms with Crippen molar-refractivity contribution in [2.45, 2.75) is 25.9 Å². The Balaban J connectivity index is 1.61. The van der Waals surface area contributed by atoms with Gasteiger partial charge in [0.15, 0.2) is 20.6 Å². The minimum Gasteiger partial charge on any atom is -0.308 e. The van der Waals surface area contributed by atoms with Crippen molar-refractivity contribution >= 4 is 57.4 Å². The van der Waals surface area contributed by atoms with Crippen LogP contribution in [-0.4, -0.2) is 36.0 Å². The van der Waals surface area contributed by atoms with Crippen LogP contribution in [0, 0.1) is 24.7 Å². The van der Waals surface area contributed by atoms with Crippen molar-refractivity contribution in [1.82, 2.24) is 24.3 Å². The number of hydrogen-bond acceptors (Lipinski definition) is 7. The van der Waals surface area contributed by atoms with Gasteiger partial charge in [-0.25, -0.2) is 4.98 Å². The minimum absolute atomic E-state index is 0.0468. The first-order valence-electron chi connectivity index (χ1n) is 11.1. The Bertz CT molecular complexity index is 1720. The highest BCUT2D eigenvalue weighted by molar-refractivity contribution is 7.99. The molecule has 1 amide bonds. The van der Waals surface area contributed by atoms with Crippen LogP contribution in [0.4, 0.5) is 5.82 Å². The van der Waals surface area contributed by atoms with E-state index in [2.05, 4.69) is 15.5 Å². The number of hydrogen-bond donors (Lipinski definition) is 2. The highest BCUT2D eigenvalue weighted by Gasteiger charge is 2.20. The van der Waals surface area contributed by atoms with Crippen LogP contribution in [-0.2, 0) is 4.79 Å². The van der Waals surface area contributed by atoms with Crippen molar-refractivity contribution in [2.75, 3.05) is 11.1 Å². The fraction of sp³-hybridized carbons (Fsp3) is 0.160. The van der Waals surface area contributed by atoms with Gasteiger partial charge in [-0.15, -0.1) is 0 Å². The highest BCUT2D eigenvalue weighted by Crippen LogP contribution is 2.28. The molecule has 0 saturated carbocycles. The maximum Gasteiger partial charge on any atom is 0.278 e. The second-order valence-electron chi connectivity index (χ2n) is 8.27. The lowest BCUT2D eigenvalue weighted by Crippen LogP contribution is -2.22. The number of rotatable bonds is 6. The molecule has 3 aromatic heterocycles. The van der Waals surface area contributed by atoms with Crippen LogP contribution in [0.3, 0.4) is 0 Å². The van der Waals surface area contributed by atoms with Gasteiger partial charge in [0.2, 0.25) is 5.91 Å². The normalized spacial score (nSPS) is 11.2. The van der Waals surface area contributed by atoms with Crippen molar-refractivity contribution in [3.8, 4) is 11.4 Å². The van der Waals surface area contributed by atoms with Gasteiger partial charge >= 0.3 is 0 Å². The average Bonchev–Trinajstić information content (AvgIpc) is 3.42. The van der Waals surface area contributed by atoms with Crippen LogP contribution < -0.4 is 10.9 Å². The van der Waals surface area contributed by atoms with E-state index >= 15 is 0 Å². The number of benzene rings is 2. The number of nitrogens with zero attached hydrogens (tertiary/aromatic N) is 4. The molecule has 0 radical (unpaired) electrons. The minimum atomic E-state index is -0.253. The van der Waals surface area contributed by atoms with Crippen molar-refractivity contribution in [3.05, 3.63) is 85.7 Å². The van der Waals surface area contributed by atoms with E-state index in [-0.39, 0.29) is 17.2 Å². The number of H-pyrrole nitrogens is 1. The molecule has 3 heterocycles. The predicted octanol–water partition coefficient (Wildman–Crippen LogP) is 5.35. The van der Waals surface area contributed by atoms with Crippen LogP contribution in [0.1, 0.15) is 16.8 Å². The molecular formula is C25H22N6O2S3. The number of aromatic nitrogens is 5. The first-order valence-corrected chi connectivity index (χ1v) is 13.3. The van der Waals surface area contributed by atoms with Crippen molar-refractivity contribution in [1.29, 1.82) is 0 Å². The summed E-state index contributed by atoms with van der Waals surface area (Å²) in [6.07, 6.45) is 0. The Labute approximate surface area is 220 Å². The maximum absolute atomic E-state index is 13.8. The Morgan fingerprint density at radius 1 is 1.06 bits per heavy atom. The molecule has 0 aliphatic heterocycles. The molecule has 0 spiro atoms. The number of aromatic amines is 1. The zero-order valence-electron chi connectivity index (χ0n) is 19.7. The Hall–Kier alpha value is -3.54. The molecule has 0 saturated heterocycles. The summed E-state index contributed by atoms with van der Waals surface area (Å²) in [5, 5.41) is 10.00. The van der Waals surface area contributed by atoms with Gasteiger partial charge < -0.3 is 5.32 Å². The molecule has 182 valence electrons. The van der Waals surface area contributed by atoms with Crippen molar-refractivity contribution < 1.29 is 4.79 Å². The Morgan fingerprint density at radius 3 is 2.53 bits per heavy atom. The number of carbonyl (C=O) groups is 1. The van der Waals surface area contributed by atoms with Crippen LogP contribution in [0.25, 0.3) is 21.7 Å². The first-order chi connectivity index (χ1) is 17.3. The number of aryl methyl sites for hydroxylation is 3. The molecule has 2 aromatic carbocycles. The van der Waals surface area contributed by atoms with Crippen LogP contribution in [0.5, 0.6) is 0 Å². The molecule has 0 fully saturated rings. The summed E-state index contributed by atoms with van der Waals surface area (Å²) in [7, 11) is 0. The third kappa shape index (κ3) is 4.64. The summed E-state index contributed by atoms with van der Waals surface area (Å²) in [5.41, 5.74) is 4.90. The number of thiazole rings is 1. The zero-order valence-corrected chi connectivity index (χ0v) is 22.2. The zero-order chi connectivity index (χ0) is 25.4. The molecule has 0 bridgehead atoms. The van der Waals surface area contributed by atoms with Gasteiger partial charge in [-0.3, -0.25) is 23.8 Å². The lowest BCUT2D eigenvalue weighted by Gasteiger charge is -2.13. The molecule has 0 atom stereocenters. The van der Waals surface area contributed by atoms with Crippen molar-refractivity contribution in [2.24, 2.45) is 0 Å². The number of anilines is 1. The number of amides is 1. The van der Waals surface area contributed by atoms with Gasteiger partial charge in [0.25, 0.3) is 5.56 Å². The SMILES string of the molecule is Cc1cc(NC(=O)CSc2nc3c(sc(=S)n3-c3ccc(C)c(C)c3)c(=O)n2-c2ccccc2)n[nH]1. The van der Waals surface area contributed by atoms with Gasteiger partial charge in [-0.1, -0.05) is 47.4 Å². The third-order valence-electron chi connectivity index (χ3n) is 5.65. The Morgan fingerprint density at radius 2 is 1.83 bits per heavy atom. The molecule has 0 aliphatic rings. The molecule has 5 aromatic rings. The second-order valence-corrected chi connectivity index (χ2v) is 10.9. The molecule has 0 aliphatic carbocycles. The highest BCUT2D eigenvalue weighted by atomic mass is 32.2. The van der Waals surface area contributed by atoms with Crippen LogP contribution >= 0.6 is 35.3 Å². The maximum atomic E-state index is 13.8. The van der Waals surface area contributed by atoms with Gasteiger partial charge in [0.1, 0.15) is 4.70 Å². The number of carbonyl (C=O) groups excluding carboxylic acids is 1. The summed E-state index contributed by atoms with van der Waals surface area (Å²) in [6.45, 7) is 5.94. The lowest BCUT2D eigenvalue weighted by molar-refractivity contribution is -0.113. The molecule has 0 unspecified atom stereocenters. The summed E-state index contributed by atoms with van der Waals surface area (Å²) >= 11 is 8.09. The van der Waals surface area contributed by atoms with E-state index in [0.717, 1.165) is 16.9 Å². The van der Waals surface area contributed by atoms with Gasteiger partial charge in [0.05, 0.1) is 11.4 Å². The third-order valence-corrected chi connectivity index (χ3v) is 7.94. The van der Waals surface area contributed by atoms with E-state index in [4.69, 9.17) is 17.2 Å². The Kier molecular flexibility index (Phi) is 6.61. The molecule has 5 rings (SSSR count). The summed E-state index contributed by atoms with van der Waals surface area (Å²) < 4.78 is 4.36. The van der Waals surface area contributed by atoms with Gasteiger partial charge in [0, 0.05) is 17.4 Å². The average molecular weight is 535 g/mol. The molecule has 36 heavy (non-hydrogen) atoms. The molecule has 2 N–H and O–H groups in total. The number of para-hydroxylation sites is 1. The number of nitrogens with one attached hydrogen (secondary N) is 2. The quantitative estimate of drug-likeness (QED) is 0.173. The van der Waals surface area contributed by atoms with E-state index < -0.39 is 0 Å². The van der Waals surface area contributed by atoms with E-state index in [1.54, 1.807) is 6.07 Å². The van der Waals surface area contributed by atoms with E-state index in [1.807, 2.05) is 73.9 Å². The van der Waals surface area contributed by atoms with Crippen LogP contribution in [0.15, 0.2) is 64.5 Å². The van der Waals surface area contributed by atoms with Gasteiger partial charge in [-0.05, 0) is 68.4 Å². The summed E-state index contributed by atoms with van der Waals surface area (Å²) in [5.74, 6) is 0.241. The summed E-state index contributed by atoms with van der Waals surface area (Å²) in [6, 6.07) is 17.1. The largest absolute Gasteiger partial charge is 0.308 e. The van der Waals surface area contributed by atoms with Gasteiger partial charge in [-0.2, -0.15) is 5.10 Å². The fourth-order valence-corrected chi connectivity index (χ4v) is 5.83. The molecule has 8 nitrogen and oxygen atoms in total.